The Hall–Kier alpha value is -0.650. The van der Waals surface area contributed by atoms with Gasteiger partial charge in [0.2, 0.25) is 5.91 Å². The normalized spacial score (nSPS) is 40.0. The van der Waals surface area contributed by atoms with Crippen LogP contribution >= 0.6 is 0 Å². The van der Waals surface area contributed by atoms with Crippen molar-refractivity contribution in [3.05, 3.63) is 0 Å². The van der Waals surface area contributed by atoms with Crippen LogP contribution in [0, 0.1) is 0 Å². The zero-order valence-corrected chi connectivity index (χ0v) is 7.73. The summed E-state index contributed by atoms with van der Waals surface area (Å²) >= 11 is 0. The van der Waals surface area contributed by atoms with Gasteiger partial charge in [0.05, 0.1) is 12.2 Å². The first kappa shape index (κ1) is 10.4. The molecule has 1 fully saturated rings. The van der Waals surface area contributed by atoms with Gasteiger partial charge in [-0.15, -0.1) is 0 Å². The highest BCUT2D eigenvalue weighted by Gasteiger charge is 2.35. The molecule has 1 unspecified atom stereocenters. The largest absolute Gasteiger partial charge is 0.391 e. The average molecular weight is 189 g/mol. The van der Waals surface area contributed by atoms with Gasteiger partial charge >= 0.3 is 0 Å². The fourth-order valence-corrected chi connectivity index (χ4v) is 1.46. The minimum absolute atomic E-state index is 0.185. The van der Waals surface area contributed by atoms with Crippen LogP contribution in [0.2, 0.25) is 0 Å². The molecule has 0 bridgehead atoms. The lowest BCUT2D eigenvalue weighted by Gasteiger charge is -2.35. The van der Waals surface area contributed by atoms with Gasteiger partial charge in [-0.25, -0.2) is 0 Å². The summed E-state index contributed by atoms with van der Waals surface area (Å²) in [6.07, 6.45) is -1.64. The summed E-state index contributed by atoms with van der Waals surface area (Å²) < 4.78 is 5.05. The molecule has 0 spiro atoms. The molecule has 1 aliphatic heterocycles. The number of aliphatic hydroxyl groups is 2. The number of hydrogen-bond acceptors (Lipinski definition) is 4. The first-order chi connectivity index (χ1) is 6.00. The number of aliphatic hydroxyl groups excluding tert-OH is 2. The van der Waals surface area contributed by atoms with Crippen molar-refractivity contribution in [2.75, 3.05) is 0 Å². The van der Waals surface area contributed by atoms with E-state index in [-0.39, 0.29) is 12.0 Å². The zero-order valence-electron chi connectivity index (χ0n) is 7.73. The number of carbonyl (C=O) groups is 1. The quantitative estimate of drug-likeness (QED) is 0.493. The third kappa shape index (κ3) is 2.65. The number of ether oxygens (including phenoxy) is 1. The topological polar surface area (TPSA) is 78.8 Å². The van der Waals surface area contributed by atoms with Gasteiger partial charge in [0, 0.05) is 13.3 Å². The Morgan fingerprint density at radius 2 is 2.15 bits per heavy atom. The van der Waals surface area contributed by atoms with E-state index in [1.165, 1.54) is 6.92 Å². The van der Waals surface area contributed by atoms with Crippen LogP contribution in [0.25, 0.3) is 0 Å². The van der Waals surface area contributed by atoms with Gasteiger partial charge in [-0.2, -0.15) is 0 Å². The Morgan fingerprint density at radius 3 is 2.62 bits per heavy atom. The molecule has 1 aliphatic rings. The molecule has 5 nitrogen and oxygen atoms in total. The maximum Gasteiger partial charge on any atom is 0.217 e. The highest BCUT2D eigenvalue weighted by Crippen LogP contribution is 2.18. The standard InChI is InChI=1S/C8H15NO4/c1-4-3-6(11)7(8(12)13-4)9-5(2)10/h4,6-8,11-12H,3H2,1-2H3,(H,9,10)/t4-,6+,7-,8?/m1/s1. The molecular weight excluding hydrogens is 174 g/mol. The lowest BCUT2D eigenvalue weighted by Crippen LogP contribution is -2.56. The van der Waals surface area contributed by atoms with Crippen LogP contribution in [0.3, 0.4) is 0 Å². The molecule has 0 aromatic heterocycles. The van der Waals surface area contributed by atoms with Gasteiger partial charge in [0.25, 0.3) is 0 Å². The Balaban J connectivity index is 2.56. The van der Waals surface area contributed by atoms with Gasteiger partial charge in [-0.3, -0.25) is 4.79 Å². The lowest BCUT2D eigenvalue weighted by atomic mass is 10.0. The van der Waals surface area contributed by atoms with Crippen molar-refractivity contribution in [2.24, 2.45) is 0 Å². The molecule has 1 amide bonds. The van der Waals surface area contributed by atoms with Crippen molar-refractivity contribution in [2.45, 2.75) is 44.8 Å². The van der Waals surface area contributed by atoms with Crippen molar-refractivity contribution >= 4 is 5.91 Å². The molecule has 0 saturated carbocycles. The predicted molar refractivity (Wildman–Crippen MR) is 44.8 cm³/mol. The highest BCUT2D eigenvalue weighted by molar-refractivity contribution is 5.73. The van der Waals surface area contributed by atoms with Gasteiger partial charge < -0.3 is 20.3 Å². The second-order valence-corrected chi connectivity index (χ2v) is 3.37. The molecule has 1 rings (SSSR count). The van der Waals surface area contributed by atoms with Crippen molar-refractivity contribution in [3.8, 4) is 0 Å². The third-order valence-corrected chi connectivity index (χ3v) is 2.04. The average Bonchev–Trinajstić information content (AvgIpc) is 1.96. The summed E-state index contributed by atoms with van der Waals surface area (Å²) in [5, 5.41) is 21.3. The maximum absolute atomic E-state index is 10.7. The third-order valence-electron chi connectivity index (χ3n) is 2.04. The number of nitrogens with one attached hydrogen (secondary N) is 1. The number of amides is 1. The highest BCUT2D eigenvalue weighted by atomic mass is 16.6. The molecule has 0 aromatic carbocycles. The maximum atomic E-state index is 10.7. The second kappa shape index (κ2) is 4.04. The van der Waals surface area contributed by atoms with E-state index in [2.05, 4.69) is 5.32 Å². The van der Waals surface area contributed by atoms with E-state index in [1.54, 1.807) is 6.92 Å². The number of rotatable bonds is 1. The minimum Gasteiger partial charge on any atom is -0.391 e. The molecule has 76 valence electrons. The molecule has 13 heavy (non-hydrogen) atoms. The summed E-state index contributed by atoms with van der Waals surface area (Å²) in [6, 6.07) is -0.714. The van der Waals surface area contributed by atoms with E-state index in [9.17, 15) is 15.0 Å². The summed E-state index contributed by atoms with van der Waals surface area (Å²) in [6.45, 7) is 3.09. The van der Waals surface area contributed by atoms with Gasteiger partial charge in [0.15, 0.2) is 6.29 Å². The van der Waals surface area contributed by atoms with Gasteiger partial charge in [0.1, 0.15) is 6.04 Å². The zero-order chi connectivity index (χ0) is 10.0. The molecule has 1 saturated heterocycles. The summed E-state index contributed by atoms with van der Waals surface area (Å²) in [4.78, 5) is 10.7. The van der Waals surface area contributed by atoms with E-state index in [0.29, 0.717) is 6.42 Å². The van der Waals surface area contributed by atoms with Gasteiger partial charge in [-0.1, -0.05) is 0 Å². The smallest absolute Gasteiger partial charge is 0.217 e. The fraction of sp³-hybridized carbons (Fsp3) is 0.875. The Bertz CT molecular complexity index is 185. The predicted octanol–water partition coefficient (Wildman–Crippen LogP) is -1.02. The molecule has 3 N–H and O–H groups in total. The molecule has 0 radical (unpaired) electrons. The summed E-state index contributed by atoms with van der Waals surface area (Å²) in [5.74, 6) is -0.291. The molecule has 5 heteroatoms. The van der Waals surface area contributed by atoms with Crippen LogP contribution < -0.4 is 5.32 Å². The van der Waals surface area contributed by atoms with Crippen LogP contribution in [0.4, 0.5) is 0 Å². The van der Waals surface area contributed by atoms with E-state index >= 15 is 0 Å². The summed E-state index contributed by atoms with van der Waals surface area (Å²) in [5.41, 5.74) is 0. The van der Waals surface area contributed by atoms with Crippen molar-refractivity contribution < 1.29 is 19.7 Å². The number of carbonyl (C=O) groups excluding carboxylic acids is 1. The Morgan fingerprint density at radius 1 is 1.54 bits per heavy atom. The second-order valence-electron chi connectivity index (χ2n) is 3.37. The first-order valence-electron chi connectivity index (χ1n) is 4.29. The van der Waals surface area contributed by atoms with Crippen LogP contribution in [0.1, 0.15) is 20.3 Å². The summed E-state index contributed by atoms with van der Waals surface area (Å²) in [7, 11) is 0. The van der Waals surface area contributed by atoms with Crippen molar-refractivity contribution in [3.63, 3.8) is 0 Å². The Labute approximate surface area is 76.7 Å². The number of hydrogen-bond donors (Lipinski definition) is 3. The SMILES string of the molecule is CC(=O)N[C@H]1C(O)O[C@H](C)C[C@@H]1O. The minimum atomic E-state index is -1.12. The van der Waals surface area contributed by atoms with Crippen molar-refractivity contribution in [1.29, 1.82) is 0 Å². The molecular formula is C8H15NO4. The molecule has 1 heterocycles. The van der Waals surface area contributed by atoms with Crippen molar-refractivity contribution in [1.82, 2.24) is 5.32 Å². The van der Waals surface area contributed by atoms with E-state index in [1.807, 2.05) is 0 Å². The van der Waals surface area contributed by atoms with Crippen LogP contribution in [0.15, 0.2) is 0 Å². The van der Waals surface area contributed by atoms with E-state index in [0.717, 1.165) is 0 Å². The molecule has 0 aliphatic carbocycles. The van der Waals surface area contributed by atoms with Crippen LogP contribution in [0.5, 0.6) is 0 Å². The molecule has 4 atom stereocenters. The monoisotopic (exact) mass is 189 g/mol. The Kier molecular flexibility index (Phi) is 3.24. The van der Waals surface area contributed by atoms with E-state index in [4.69, 9.17) is 4.74 Å². The molecule has 0 aromatic rings. The fourth-order valence-electron chi connectivity index (χ4n) is 1.46. The lowest BCUT2D eigenvalue weighted by molar-refractivity contribution is -0.202. The van der Waals surface area contributed by atoms with Crippen LogP contribution in [-0.4, -0.2) is 40.7 Å². The van der Waals surface area contributed by atoms with Gasteiger partial charge in [-0.05, 0) is 6.92 Å². The van der Waals surface area contributed by atoms with E-state index < -0.39 is 18.4 Å². The van der Waals surface area contributed by atoms with Crippen LogP contribution in [-0.2, 0) is 9.53 Å². The first-order valence-corrected chi connectivity index (χ1v) is 4.29.